The van der Waals surface area contributed by atoms with Crippen molar-refractivity contribution >= 4 is 5.91 Å². The van der Waals surface area contributed by atoms with Crippen LogP contribution in [0.2, 0.25) is 0 Å². The Morgan fingerprint density at radius 3 is 2.21 bits per heavy atom. The van der Waals surface area contributed by atoms with Crippen molar-refractivity contribution in [1.82, 2.24) is 4.90 Å². The summed E-state index contributed by atoms with van der Waals surface area (Å²) in [6, 6.07) is 20.4. The van der Waals surface area contributed by atoms with Crippen molar-refractivity contribution in [2.24, 2.45) is 5.92 Å². The average molecular weight is 323 g/mol. The van der Waals surface area contributed by atoms with Gasteiger partial charge in [-0.25, -0.2) is 0 Å². The molecule has 1 saturated heterocycles. The van der Waals surface area contributed by atoms with E-state index in [0.717, 1.165) is 37.9 Å². The molecule has 3 nitrogen and oxygen atoms in total. The van der Waals surface area contributed by atoms with Gasteiger partial charge in [-0.2, -0.15) is 0 Å². The second-order valence-corrected chi connectivity index (χ2v) is 6.48. The minimum atomic E-state index is -0.489. The van der Waals surface area contributed by atoms with Gasteiger partial charge in [0.2, 0.25) is 0 Å². The van der Waals surface area contributed by atoms with E-state index < -0.39 is 6.10 Å². The molecule has 2 aromatic carbocycles. The largest absolute Gasteiger partial charge is 0.367 e. The van der Waals surface area contributed by atoms with E-state index in [0.29, 0.717) is 5.92 Å². The van der Waals surface area contributed by atoms with Crippen LogP contribution in [-0.4, -0.2) is 31.0 Å². The molecule has 126 valence electrons. The van der Waals surface area contributed by atoms with Gasteiger partial charge in [-0.3, -0.25) is 4.79 Å². The number of nitrogens with zero attached hydrogens (tertiary/aromatic N) is 1. The van der Waals surface area contributed by atoms with Gasteiger partial charge in [0.25, 0.3) is 5.91 Å². The first kappa shape index (κ1) is 16.7. The Bertz CT molecular complexity index is 633. The summed E-state index contributed by atoms with van der Waals surface area (Å²) in [6.45, 7) is 1.64. The molecule has 0 unspecified atom stereocenters. The van der Waals surface area contributed by atoms with Crippen molar-refractivity contribution in [3.05, 3.63) is 71.8 Å². The first-order valence-corrected chi connectivity index (χ1v) is 8.68. The quantitative estimate of drug-likeness (QED) is 0.836. The van der Waals surface area contributed by atoms with E-state index in [9.17, 15) is 4.79 Å². The van der Waals surface area contributed by atoms with Crippen LogP contribution < -0.4 is 0 Å². The van der Waals surface area contributed by atoms with Gasteiger partial charge in [0.15, 0.2) is 6.10 Å². The maximum absolute atomic E-state index is 12.8. The predicted octanol–water partition coefficient (Wildman–Crippen LogP) is 3.86. The number of ether oxygens (including phenoxy) is 1. The summed E-state index contributed by atoms with van der Waals surface area (Å²) in [6.07, 6.45) is 2.74. The fourth-order valence-corrected chi connectivity index (χ4v) is 3.48. The van der Waals surface area contributed by atoms with Crippen molar-refractivity contribution in [2.45, 2.75) is 25.4 Å². The van der Waals surface area contributed by atoms with E-state index in [1.54, 1.807) is 7.11 Å². The Morgan fingerprint density at radius 2 is 1.62 bits per heavy atom. The van der Waals surface area contributed by atoms with Crippen LogP contribution >= 0.6 is 0 Å². The van der Waals surface area contributed by atoms with Gasteiger partial charge in [-0.15, -0.1) is 0 Å². The highest BCUT2D eigenvalue weighted by Gasteiger charge is 2.29. The number of rotatable bonds is 5. The van der Waals surface area contributed by atoms with Crippen LogP contribution in [0.1, 0.15) is 30.1 Å². The van der Waals surface area contributed by atoms with Crippen molar-refractivity contribution in [2.75, 3.05) is 20.2 Å². The maximum Gasteiger partial charge on any atom is 0.256 e. The fraction of sp³-hybridized carbons (Fsp3) is 0.381. The molecule has 0 N–H and O–H groups in total. The number of hydrogen-bond acceptors (Lipinski definition) is 2. The molecule has 1 aliphatic rings. The predicted molar refractivity (Wildman–Crippen MR) is 95.6 cm³/mol. The molecule has 0 bridgehead atoms. The molecule has 24 heavy (non-hydrogen) atoms. The van der Waals surface area contributed by atoms with Crippen molar-refractivity contribution in [1.29, 1.82) is 0 Å². The zero-order valence-corrected chi connectivity index (χ0v) is 14.2. The smallest absolute Gasteiger partial charge is 0.256 e. The van der Waals surface area contributed by atoms with Crippen LogP contribution in [0.15, 0.2) is 60.7 Å². The number of hydrogen-bond donors (Lipinski definition) is 0. The highest BCUT2D eigenvalue weighted by Crippen LogP contribution is 2.25. The molecule has 3 heteroatoms. The third-order valence-corrected chi connectivity index (χ3v) is 4.86. The van der Waals surface area contributed by atoms with Gasteiger partial charge in [0, 0.05) is 20.2 Å². The molecule has 0 radical (unpaired) electrons. The average Bonchev–Trinajstić information content (AvgIpc) is 2.65. The molecule has 1 aliphatic heterocycles. The molecular weight excluding hydrogens is 298 g/mol. The number of piperidine rings is 1. The molecule has 0 saturated carbocycles. The van der Waals surface area contributed by atoms with Gasteiger partial charge in [0.05, 0.1) is 0 Å². The van der Waals surface area contributed by atoms with Crippen LogP contribution in [-0.2, 0) is 16.0 Å². The van der Waals surface area contributed by atoms with Crippen LogP contribution in [0, 0.1) is 5.92 Å². The third kappa shape index (κ3) is 4.04. The van der Waals surface area contributed by atoms with Crippen LogP contribution in [0.5, 0.6) is 0 Å². The van der Waals surface area contributed by atoms with Crippen LogP contribution in [0.25, 0.3) is 0 Å². The summed E-state index contributed by atoms with van der Waals surface area (Å²) < 4.78 is 5.48. The lowest BCUT2D eigenvalue weighted by Crippen LogP contribution is -2.41. The molecule has 3 rings (SSSR count). The summed E-state index contributed by atoms with van der Waals surface area (Å²) >= 11 is 0. The number of likely N-dealkylation sites (tertiary alicyclic amines) is 1. The van der Waals surface area contributed by atoms with E-state index in [-0.39, 0.29) is 5.91 Å². The lowest BCUT2D eigenvalue weighted by Gasteiger charge is -2.34. The highest BCUT2D eigenvalue weighted by atomic mass is 16.5. The SMILES string of the molecule is CO[C@@H](C(=O)N1CCC(Cc2ccccc2)CC1)c1ccccc1. The second kappa shape index (κ2) is 8.11. The van der Waals surface area contributed by atoms with Gasteiger partial charge >= 0.3 is 0 Å². The summed E-state index contributed by atoms with van der Waals surface area (Å²) in [5.74, 6) is 0.746. The standard InChI is InChI=1S/C21H25NO2/c1-24-20(19-10-6-3-7-11-19)21(23)22-14-12-18(13-15-22)16-17-8-4-2-5-9-17/h2-11,18,20H,12-16H2,1H3/t20-/m1/s1. The number of carbonyl (C=O) groups is 1. The number of carbonyl (C=O) groups excluding carboxylic acids is 1. The first-order valence-electron chi connectivity index (χ1n) is 8.68. The normalized spacial score (nSPS) is 16.8. The van der Waals surface area contributed by atoms with E-state index >= 15 is 0 Å². The third-order valence-electron chi connectivity index (χ3n) is 4.86. The van der Waals surface area contributed by atoms with Crippen molar-refractivity contribution < 1.29 is 9.53 Å². The van der Waals surface area contributed by atoms with E-state index in [1.165, 1.54) is 5.56 Å². The lowest BCUT2D eigenvalue weighted by atomic mass is 9.90. The minimum Gasteiger partial charge on any atom is -0.367 e. The zero-order valence-electron chi connectivity index (χ0n) is 14.2. The zero-order chi connectivity index (χ0) is 16.8. The molecule has 0 aromatic heterocycles. The second-order valence-electron chi connectivity index (χ2n) is 6.48. The number of benzene rings is 2. The topological polar surface area (TPSA) is 29.5 Å². The number of methoxy groups -OCH3 is 1. The summed E-state index contributed by atoms with van der Waals surface area (Å²) in [5, 5.41) is 0. The maximum atomic E-state index is 12.8. The molecular formula is C21H25NO2. The van der Waals surface area contributed by atoms with Gasteiger partial charge < -0.3 is 9.64 Å². The van der Waals surface area contributed by atoms with E-state index in [1.807, 2.05) is 35.2 Å². The van der Waals surface area contributed by atoms with E-state index in [4.69, 9.17) is 4.74 Å². The molecule has 1 atom stereocenters. The molecule has 1 amide bonds. The lowest BCUT2D eigenvalue weighted by molar-refractivity contribution is -0.143. The Kier molecular flexibility index (Phi) is 5.65. The summed E-state index contributed by atoms with van der Waals surface area (Å²) in [5.41, 5.74) is 2.32. The van der Waals surface area contributed by atoms with E-state index in [2.05, 4.69) is 30.3 Å². The fourth-order valence-electron chi connectivity index (χ4n) is 3.48. The van der Waals surface area contributed by atoms with Crippen LogP contribution in [0.4, 0.5) is 0 Å². The Labute approximate surface area is 144 Å². The minimum absolute atomic E-state index is 0.0851. The van der Waals surface area contributed by atoms with Crippen molar-refractivity contribution in [3.63, 3.8) is 0 Å². The first-order chi connectivity index (χ1) is 11.8. The van der Waals surface area contributed by atoms with Gasteiger partial charge in [-0.05, 0) is 36.3 Å². The van der Waals surface area contributed by atoms with Crippen molar-refractivity contribution in [3.8, 4) is 0 Å². The summed E-state index contributed by atoms with van der Waals surface area (Å²) in [4.78, 5) is 14.8. The molecule has 1 heterocycles. The molecule has 0 spiro atoms. The Morgan fingerprint density at radius 1 is 1.04 bits per heavy atom. The summed E-state index contributed by atoms with van der Waals surface area (Å²) in [7, 11) is 1.61. The highest BCUT2D eigenvalue weighted by molar-refractivity contribution is 5.82. The van der Waals surface area contributed by atoms with Gasteiger partial charge in [0.1, 0.15) is 0 Å². The molecule has 2 aromatic rings. The Hall–Kier alpha value is -2.13. The van der Waals surface area contributed by atoms with Crippen LogP contribution in [0.3, 0.4) is 0 Å². The van der Waals surface area contributed by atoms with Gasteiger partial charge in [-0.1, -0.05) is 60.7 Å². The molecule has 1 fully saturated rings. The molecule has 0 aliphatic carbocycles. The monoisotopic (exact) mass is 323 g/mol. The Balaban J connectivity index is 1.56. The number of amides is 1.